The molecule has 1 heterocycles. The second-order valence-corrected chi connectivity index (χ2v) is 7.31. The Kier molecular flexibility index (Phi) is 5.19. The molecule has 0 aromatic heterocycles. The van der Waals surface area contributed by atoms with Gasteiger partial charge in [0.25, 0.3) is 11.8 Å². The summed E-state index contributed by atoms with van der Waals surface area (Å²) in [4.78, 5) is 29.7. The number of carbonyl (C=O) groups is 2. The monoisotopic (exact) mass is 400 g/mol. The number of anilines is 1. The first-order valence-corrected chi connectivity index (χ1v) is 9.66. The van der Waals surface area contributed by atoms with Gasteiger partial charge in [0.2, 0.25) is 0 Å². The topological polar surface area (TPSA) is 40.6 Å². The van der Waals surface area contributed by atoms with E-state index >= 15 is 0 Å². The van der Waals surface area contributed by atoms with E-state index in [2.05, 4.69) is 0 Å². The number of halogens is 1. The Morgan fingerprint density at radius 2 is 1.47 bits per heavy atom. The van der Waals surface area contributed by atoms with E-state index in [9.17, 15) is 14.0 Å². The average Bonchev–Trinajstić information content (AvgIpc) is 3.00. The van der Waals surface area contributed by atoms with Gasteiger partial charge in [-0.2, -0.15) is 0 Å². The van der Waals surface area contributed by atoms with Crippen molar-refractivity contribution < 1.29 is 14.0 Å². The number of aryl methyl sites for hydroxylation is 1. The molecule has 0 saturated carbocycles. The predicted octanol–water partition coefficient (Wildman–Crippen LogP) is 4.55. The number of nitrogens with zero attached hydrogens (tertiary/aromatic N) is 2. The van der Waals surface area contributed by atoms with Crippen molar-refractivity contribution in [1.29, 1.82) is 0 Å². The highest BCUT2D eigenvalue weighted by atomic mass is 19.1. The van der Waals surface area contributed by atoms with Crippen molar-refractivity contribution in [1.82, 2.24) is 4.90 Å². The SMILES string of the molecule is Cc1ccc(C2=C(N(C)c3ccccc3)C(=O)N(Cc3ccc(F)cc3)C2=O)cc1. The smallest absolute Gasteiger partial charge is 0.278 e. The molecule has 0 saturated heterocycles. The third-order valence-corrected chi connectivity index (χ3v) is 5.22. The van der Waals surface area contributed by atoms with Gasteiger partial charge in [0.05, 0.1) is 12.1 Å². The van der Waals surface area contributed by atoms with Crippen LogP contribution in [0.3, 0.4) is 0 Å². The standard InChI is InChI=1S/C25H21FN2O2/c1-17-8-12-19(13-9-17)22-23(27(2)21-6-4-3-5-7-21)25(30)28(24(22)29)16-18-10-14-20(26)15-11-18/h3-15H,16H2,1-2H3. The van der Waals surface area contributed by atoms with Crippen LogP contribution in [0.25, 0.3) is 5.57 Å². The summed E-state index contributed by atoms with van der Waals surface area (Å²) in [5, 5.41) is 0. The zero-order valence-electron chi connectivity index (χ0n) is 16.8. The minimum absolute atomic E-state index is 0.0828. The van der Waals surface area contributed by atoms with Gasteiger partial charge in [0, 0.05) is 12.7 Å². The molecule has 0 spiro atoms. The lowest BCUT2D eigenvalue weighted by molar-refractivity contribution is -0.137. The lowest BCUT2D eigenvalue weighted by atomic mass is 10.0. The zero-order valence-corrected chi connectivity index (χ0v) is 16.8. The summed E-state index contributed by atoms with van der Waals surface area (Å²) < 4.78 is 13.3. The van der Waals surface area contributed by atoms with Crippen LogP contribution in [0.5, 0.6) is 0 Å². The van der Waals surface area contributed by atoms with Crippen LogP contribution in [0.1, 0.15) is 16.7 Å². The van der Waals surface area contributed by atoms with Crippen LogP contribution < -0.4 is 4.90 Å². The van der Waals surface area contributed by atoms with Crippen molar-refractivity contribution in [2.75, 3.05) is 11.9 Å². The molecular formula is C25H21FN2O2. The molecule has 4 rings (SSSR count). The first kappa shape index (κ1) is 19.6. The van der Waals surface area contributed by atoms with Gasteiger partial charge in [0.1, 0.15) is 11.5 Å². The fourth-order valence-corrected chi connectivity index (χ4v) is 3.55. The highest BCUT2D eigenvalue weighted by Crippen LogP contribution is 2.34. The number of amides is 2. The van der Waals surface area contributed by atoms with Gasteiger partial charge in [-0.25, -0.2) is 4.39 Å². The maximum Gasteiger partial charge on any atom is 0.278 e. The Hall–Kier alpha value is -3.73. The molecule has 0 radical (unpaired) electrons. The normalized spacial score (nSPS) is 13.9. The van der Waals surface area contributed by atoms with Crippen LogP contribution in [0, 0.1) is 12.7 Å². The van der Waals surface area contributed by atoms with Crippen LogP contribution in [0.2, 0.25) is 0 Å². The number of rotatable bonds is 5. The summed E-state index contributed by atoms with van der Waals surface area (Å²) in [5.74, 6) is -1.09. The minimum Gasteiger partial charge on any atom is -0.339 e. The van der Waals surface area contributed by atoms with Crippen LogP contribution in [-0.4, -0.2) is 23.8 Å². The van der Waals surface area contributed by atoms with E-state index in [-0.39, 0.29) is 24.2 Å². The largest absolute Gasteiger partial charge is 0.339 e. The van der Waals surface area contributed by atoms with Gasteiger partial charge in [-0.15, -0.1) is 0 Å². The van der Waals surface area contributed by atoms with Crippen molar-refractivity contribution in [3.8, 4) is 0 Å². The zero-order chi connectivity index (χ0) is 21.3. The third-order valence-electron chi connectivity index (χ3n) is 5.22. The molecule has 3 aromatic carbocycles. The summed E-state index contributed by atoms with van der Waals surface area (Å²) in [6.07, 6.45) is 0. The molecule has 150 valence electrons. The molecule has 0 unspecified atom stereocenters. The number of hydrogen-bond donors (Lipinski definition) is 0. The average molecular weight is 400 g/mol. The molecule has 3 aromatic rings. The maximum atomic E-state index is 13.4. The second kappa shape index (κ2) is 7.95. The molecule has 0 bridgehead atoms. The number of hydrogen-bond acceptors (Lipinski definition) is 3. The number of benzene rings is 3. The second-order valence-electron chi connectivity index (χ2n) is 7.31. The van der Waals surface area contributed by atoms with Crippen molar-refractivity contribution >= 4 is 23.1 Å². The molecule has 2 amide bonds. The van der Waals surface area contributed by atoms with Gasteiger partial charge in [-0.3, -0.25) is 14.5 Å². The highest BCUT2D eigenvalue weighted by molar-refractivity contribution is 6.36. The Morgan fingerprint density at radius 1 is 0.833 bits per heavy atom. The molecule has 0 aliphatic carbocycles. The van der Waals surface area contributed by atoms with E-state index in [0.717, 1.165) is 11.3 Å². The Morgan fingerprint density at radius 3 is 2.10 bits per heavy atom. The minimum atomic E-state index is -0.369. The molecule has 30 heavy (non-hydrogen) atoms. The summed E-state index contributed by atoms with van der Waals surface area (Å²) >= 11 is 0. The third kappa shape index (κ3) is 3.62. The fraction of sp³-hybridized carbons (Fsp3) is 0.120. The Bertz CT molecular complexity index is 1120. The summed E-state index contributed by atoms with van der Waals surface area (Å²) in [7, 11) is 1.78. The van der Waals surface area contributed by atoms with Crippen molar-refractivity contribution in [3.05, 3.63) is 107 Å². The molecule has 5 heteroatoms. The van der Waals surface area contributed by atoms with Crippen molar-refractivity contribution in [2.24, 2.45) is 0 Å². The van der Waals surface area contributed by atoms with E-state index in [1.165, 1.54) is 17.0 Å². The van der Waals surface area contributed by atoms with Gasteiger partial charge < -0.3 is 4.90 Å². The summed E-state index contributed by atoms with van der Waals surface area (Å²) in [5.41, 5.74) is 3.95. The van der Waals surface area contributed by atoms with Crippen LogP contribution in [-0.2, 0) is 16.1 Å². The quantitative estimate of drug-likeness (QED) is 0.590. The lowest BCUT2D eigenvalue weighted by Gasteiger charge is -2.21. The molecule has 1 aliphatic heterocycles. The van der Waals surface area contributed by atoms with E-state index in [1.807, 2.05) is 61.5 Å². The van der Waals surface area contributed by atoms with Crippen LogP contribution in [0.4, 0.5) is 10.1 Å². The number of para-hydroxylation sites is 1. The predicted molar refractivity (Wildman–Crippen MR) is 115 cm³/mol. The fourth-order valence-electron chi connectivity index (χ4n) is 3.55. The summed E-state index contributed by atoms with van der Waals surface area (Å²) in [6, 6.07) is 22.8. The van der Waals surface area contributed by atoms with E-state index < -0.39 is 0 Å². The Balaban J connectivity index is 1.78. The van der Waals surface area contributed by atoms with Crippen molar-refractivity contribution in [3.63, 3.8) is 0 Å². The van der Waals surface area contributed by atoms with E-state index in [4.69, 9.17) is 0 Å². The van der Waals surface area contributed by atoms with E-state index in [1.54, 1.807) is 24.1 Å². The highest BCUT2D eigenvalue weighted by Gasteiger charge is 2.41. The molecule has 1 aliphatic rings. The van der Waals surface area contributed by atoms with Crippen LogP contribution in [0.15, 0.2) is 84.6 Å². The van der Waals surface area contributed by atoms with E-state index in [0.29, 0.717) is 22.4 Å². The van der Waals surface area contributed by atoms with Crippen LogP contribution >= 0.6 is 0 Å². The van der Waals surface area contributed by atoms with Gasteiger partial charge in [-0.1, -0.05) is 60.2 Å². The molecule has 4 nitrogen and oxygen atoms in total. The molecular weight excluding hydrogens is 379 g/mol. The number of likely N-dealkylation sites (N-methyl/N-ethyl adjacent to an activating group) is 1. The van der Waals surface area contributed by atoms with Gasteiger partial charge >= 0.3 is 0 Å². The van der Waals surface area contributed by atoms with Gasteiger partial charge in [-0.05, 0) is 42.3 Å². The molecule has 0 atom stereocenters. The first-order chi connectivity index (χ1) is 14.5. The first-order valence-electron chi connectivity index (χ1n) is 9.66. The number of imide groups is 1. The summed E-state index contributed by atoms with van der Waals surface area (Å²) in [6.45, 7) is 2.05. The van der Waals surface area contributed by atoms with Gasteiger partial charge in [0.15, 0.2) is 0 Å². The molecule has 0 fully saturated rings. The Labute approximate surface area is 174 Å². The van der Waals surface area contributed by atoms with Crippen molar-refractivity contribution in [2.45, 2.75) is 13.5 Å². The maximum absolute atomic E-state index is 13.4. The molecule has 0 N–H and O–H groups in total. The lowest BCUT2D eigenvalue weighted by Crippen LogP contribution is -2.33. The number of carbonyl (C=O) groups excluding carboxylic acids is 2.